The normalized spacial score (nSPS) is 29.9. The molecule has 0 heterocycles. The van der Waals surface area contributed by atoms with Gasteiger partial charge in [0.2, 0.25) is 0 Å². The molecule has 0 spiro atoms. The Morgan fingerprint density at radius 1 is 1.38 bits per heavy atom. The van der Waals surface area contributed by atoms with E-state index in [0.29, 0.717) is 5.25 Å². The van der Waals surface area contributed by atoms with Crippen LogP contribution in [0.15, 0.2) is 0 Å². The van der Waals surface area contributed by atoms with Gasteiger partial charge in [-0.25, -0.2) is 0 Å². The van der Waals surface area contributed by atoms with E-state index in [2.05, 4.69) is 19.2 Å². The molecular formula is C13H27NOS. The fourth-order valence-corrected chi connectivity index (χ4v) is 2.90. The van der Waals surface area contributed by atoms with E-state index < -0.39 is 10.8 Å². The van der Waals surface area contributed by atoms with E-state index >= 15 is 0 Å². The summed E-state index contributed by atoms with van der Waals surface area (Å²) in [6, 6.07) is 0. The largest absolute Gasteiger partial charge is 0.316 e. The maximum atomic E-state index is 11.2. The van der Waals surface area contributed by atoms with Gasteiger partial charge in [-0.1, -0.05) is 33.1 Å². The first-order valence-corrected chi connectivity index (χ1v) is 8.26. The highest BCUT2D eigenvalue weighted by Crippen LogP contribution is 2.28. The van der Waals surface area contributed by atoms with Crippen LogP contribution in [-0.2, 0) is 10.8 Å². The van der Waals surface area contributed by atoms with Crippen LogP contribution in [0.5, 0.6) is 0 Å². The maximum absolute atomic E-state index is 11.2. The number of hydrogen-bond acceptors (Lipinski definition) is 2. The zero-order chi connectivity index (χ0) is 12.0. The lowest BCUT2D eigenvalue weighted by Gasteiger charge is -2.29. The molecule has 0 unspecified atom stereocenters. The van der Waals surface area contributed by atoms with E-state index in [1.54, 1.807) is 6.26 Å². The van der Waals surface area contributed by atoms with Crippen LogP contribution in [-0.4, -0.2) is 28.8 Å². The van der Waals surface area contributed by atoms with E-state index in [-0.39, 0.29) is 0 Å². The second kappa shape index (κ2) is 7.44. The minimum atomic E-state index is -0.665. The van der Waals surface area contributed by atoms with E-state index in [4.69, 9.17) is 0 Å². The Kier molecular flexibility index (Phi) is 6.59. The topological polar surface area (TPSA) is 29.1 Å². The van der Waals surface area contributed by atoms with E-state index in [9.17, 15) is 4.21 Å². The van der Waals surface area contributed by atoms with Crippen molar-refractivity contribution in [2.24, 2.45) is 11.8 Å². The van der Waals surface area contributed by atoms with Crippen LogP contribution in [0.2, 0.25) is 0 Å². The summed E-state index contributed by atoms with van der Waals surface area (Å²) in [7, 11) is -0.665. The highest BCUT2D eigenvalue weighted by atomic mass is 32.2. The third-order valence-corrected chi connectivity index (χ3v) is 5.36. The Morgan fingerprint density at radius 2 is 2.06 bits per heavy atom. The molecule has 0 aliphatic heterocycles. The molecule has 0 saturated heterocycles. The molecule has 0 aromatic heterocycles. The Labute approximate surface area is 103 Å². The van der Waals surface area contributed by atoms with Crippen LogP contribution in [0.4, 0.5) is 0 Å². The standard InChI is InChI=1S/C13H27NOS/c1-11-6-4-5-7-13(11)10-14-9-8-12(2)16(3)15/h11-14H,4-10H2,1-3H3/t11-,12-,13-,16+/m0/s1. The quantitative estimate of drug-likeness (QED) is 0.729. The summed E-state index contributed by atoms with van der Waals surface area (Å²) in [5.41, 5.74) is 0. The Balaban J connectivity index is 2.08. The van der Waals surface area contributed by atoms with Gasteiger partial charge >= 0.3 is 0 Å². The number of rotatable bonds is 6. The highest BCUT2D eigenvalue weighted by molar-refractivity contribution is 7.84. The van der Waals surface area contributed by atoms with Crippen LogP contribution < -0.4 is 5.32 Å². The van der Waals surface area contributed by atoms with E-state index in [1.165, 1.54) is 25.7 Å². The molecule has 1 fully saturated rings. The molecule has 3 heteroatoms. The highest BCUT2D eigenvalue weighted by Gasteiger charge is 2.20. The van der Waals surface area contributed by atoms with Crippen LogP contribution in [0.1, 0.15) is 46.0 Å². The second-order valence-electron chi connectivity index (χ2n) is 5.32. The van der Waals surface area contributed by atoms with E-state index in [1.807, 2.05) is 0 Å². The smallest absolute Gasteiger partial charge is 0.0329 e. The molecule has 1 rings (SSSR count). The zero-order valence-electron chi connectivity index (χ0n) is 11.0. The van der Waals surface area contributed by atoms with Crippen molar-refractivity contribution >= 4 is 10.8 Å². The predicted octanol–water partition coefficient (Wildman–Crippen LogP) is 2.56. The van der Waals surface area contributed by atoms with Gasteiger partial charge in [0.15, 0.2) is 0 Å². The number of hydrogen-bond donors (Lipinski definition) is 1. The van der Waals surface area contributed by atoms with Gasteiger partial charge in [-0.3, -0.25) is 4.21 Å². The Morgan fingerprint density at radius 3 is 2.69 bits per heavy atom. The van der Waals surface area contributed by atoms with Crippen molar-refractivity contribution in [1.82, 2.24) is 5.32 Å². The van der Waals surface area contributed by atoms with Gasteiger partial charge in [0.1, 0.15) is 0 Å². The van der Waals surface area contributed by atoms with Crippen molar-refractivity contribution < 1.29 is 4.21 Å². The summed E-state index contributed by atoms with van der Waals surface area (Å²) in [5.74, 6) is 1.76. The molecule has 1 saturated carbocycles. The van der Waals surface area contributed by atoms with Crippen LogP contribution in [0.25, 0.3) is 0 Å². The summed E-state index contributed by atoms with van der Waals surface area (Å²) in [6.07, 6.45) is 8.46. The van der Waals surface area contributed by atoms with Gasteiger partial charge in [0, 0.05) is 22.3 Å². The Hall–Kier alpha value is 0.110. The molecule has 96 valence electrons. The summed E-state index contributed by atoms with van der Waals surface area (Å²) < 4.78 is 11.2. The fraction of sp³-hybridized carbons (Fsp3) is 1.00. The summed E-state index contributed by atoms with van der Waals surface area (Å²) in [5, 5.41) is 3.87. The lowest BCUT2D eigenvalue weighted by atomic mass is 9.80. The van der Waals surface area contributed by atoms with E-state index in [0.717, 1.165) is 31.3 Å². The molecule has 2 nitrogen and oxygen atoms in total. The first-order valence-electron chi connectivity index (χ1n) is 6.64. The van der Waals surface area contributed by atoms with Crippen LogP contribution in [0, 0.1) is 11.8 Å². The monoisotopic (exact) mass is 245 g/mol. The average Bonchev–Trinajstić information content (AvgIpc) is 2.26. The second-order valence-corrected chi connectivity index (χ2v) is 7.13. The van der Waals surface area contributed by atoms with Crippen LogP contribution >= 0.6 is 0 Å². The van der Waals surface area contributed by atoms with Gasteiger partial charge in [-0.2, -0.15) is 0 Å². The Bertz CT molecular complexity index is 220. The van der Waals surface area contributed by atoms with Gasteiger partial charge in [-0.15, -0.1) is 0 Å². The average molecular weight is 245 g/mol. The molecule has 0 aromatic carbocycles. The summed E-state index contributed by atoms with van der Waals surface area (Å²) in [4.78, 5) is 0. The maximum Gasteiger partial charge on any atom is 0.0329 e. The molecule has 1 aliphatic carbocycles. The summed E-state index contributed by atoms with van der Waals surface area (Å²) >= 11 is 0. The van der Waals surface area contributed by atoms with Crippen molar-refractivity contribution in [3.63, 3.8) is 0 Å². The molecule has 0 bridgehead atoms. The first-order chi connectivity index (χ1) is 7.61. The van der Waals surface area contributed by atoms with Gasteiger partial charge in [-0.05, 0) is 37.8 Å². The van der Waals surface area contributed by atoms with Crippen molar-refractivity contribution in [3.05, 3.63) is 0 Å². The number of nitrogens with one attached hydrogen (secondary N) is 1. The van der Waals surface area contributed by atoms with Gasteiger partial charge < -0.3 is 5.32 Å². The molecule has 1 aliphatic rings. The van der Waals surface area contributed by atoms with Gasteiger partial charge in [0.25, 0.3) is 0 Å². The molecule has 0 amide bonds. The molecule has 0 aromatic rings. The third-order valence-electron chi connectivity index (χ3n) is 3.99. The molecule has 4 atom stereocenters. The van der Waals surface area contributed by atoms with Gasteiger partial charge in [0.05, 0.1) is 0 Å². The lowest BCUT2D eigenvalue weighted by molar-refractivity contribution is 0.248. The fourth-order valence-electron chi connectivity index (χ4n) is 2.46. The van der Waals surface area contributed by atoms with Crippen molar-refractivity contribution in [1.29, 1.82) is 0 Å². The zero-order valence-corrected chi connectivity index (χ0v) is 11.8. The third kappa shape index (κ3) is 4.96. The molecule has 1 N–H and O–H groups in total. The van der Waals surface area contributed by atoms with Crippen LogP contribution in [0.3, 0.4) is 0 Å². The SMILES string of the molecule is C[C@H]1CCCC[C@H]1CNCC[C@H](C)[S@@](C)=O. The molecule has 0 radical (unpaired) electrons. The lowest BCUT2D eigenvalue weighted by Crippen LogP contribution is -2.31. The predicted molar refractivity (Wildman–Crippen MR) is 72.1 cm³/mol. The van der Waals surface area contributed by atoms with Crippen molar-refractivity contribution in [3.8, 4) is 0 Å². The minimum Gasteiger partial charge on any atom is -0.316 e. The minimum absolute atomic E-state index is 0.330. The van der Waals surface area contributed by atoms with Crippen molar-refractivity contribution in [2.45, 2.75) is 51.2 Å². The summed E-state index contributed by atoms with van der Waals surface area (Å²) in [6.45, 7) is 6.63. The molecular weight excluding hydrogens is 218 g/mol. The van der Waals surface area contributed by atoms with Crippen molar-refractivity contribution in [2.75, 3.05) is 19.3 Å². The first kappa shape index (κ1) is 14.2. The molecule has 16 heavy (non-hydrogen) atoms.